The summed E-state index contributed by atoms with van der Waals surface area (Å²) in [6.45, 7) is 5.54. The Hall–Kier alpha value is -2.69. The number of hydrogen-bond donors (Lipinski definition) is 2. The second-order valence-corrected chi connectivity index (χ2v) is 5.86. The smallest absolute Gasteiger partial charge is 0.243 e. The third-order valence-corrected chi connectivity index (χ3v) is 3.93. The van der Waals surface area contributed by atoms with E-state index in [-0.39, 0.29) is 12.5 Å². The number of aryl methyl sites for hydroxylation is 2. The summed E-state index contributed by atoms with van der Waals surface area (Å²) >= 11 is 0. The number of fused-ring (bicyclic) bond motifs is 1. The highest BCUT2D eigenvalue weighted by Crippen LogP contribution is 2.33. The highest BCUT2D eigenvalue weighted by Gasteiger charge is 2.20. The van der Waals surface area contributed by atoms with Crippen molar-refractivity contribution in [1.29, 1.82) is 0 Å². The van der Waals surface area contributed by atoms with Gasteiger partial charge in [-0.15, -0.1) is 0 Å². The molecule has 5 nitrogen and oxygen atoms in total. The minimum Gasteiger partial charge on any atom is -0.489 e. The van der Waals surface area contributed by atoms with Gasteiger partial charge in [0.1, 0.15) is 12.4 Å². The summed E-state index contributed by atoms with van der Waals surface area (Å²) in [5.74, 6) is 0.692. The minimum atomic E-state index is -0.0402. The number of carbonyl (C=O) groups excluding carboxylic acids is 1. The first-order chi connectivity index (χ1) is 11.0. The maximum absolute atomic E-state index is 12.4. The molecule has 0 fully saturated rings. The highest BCUT2D eigenvalue weighted by atomic mass is 16.5. The third-order valence-electron chi connectivity index (χ3n) is 3.93. The Balaban J connectivity index is 1.72. The van der Waals surface area contributed by atoms with Gasteiger partial charge in [0.15, 0.2) is 0 Å². The average Bonchev–Trinajstić information content (AvgIpc) is 2.50. The predicted molar refractivity (Wildman–Crippen MR) is 93.1 cm³/mol. The standard InChI is InChI=1S/C18H21N3O2/c1-12-3-5-15(13(2)9-12)20-18(22)11-21-7-8-23-17-10-14(19)4-6-16(17)21/h3-6,9-10H,7-8,11,19H2,1-2H3,(H,20,22). The summed E-state index contributed by atoms with van der Waals surface area (Å²) in [7, 11) is 0. The normalized spacial score (nSPS) is 13.2. The van der Waals surface area contributed by atoms with Gasteiger partial charge in [0, 0.05) is 17.4 Å². The number of rotatable bonds is 3. The van der Waals surface area contributed by atoms with Gasteiger partial charge in [-0.25, -0.2) is 0 Å². The van der Waals surface area contributed by atoms with Crippen LogP contribution in [0.3, 0.4) is 0 Å². The molecule has 1 aliphatic heterocycles. The fourth-order valence-electron chi connectivity index (χ4n) is 2.77. The molecular weight excluding hydrogens is 290 g/mol. The van der Waals surface area contributed by atoms with E-state index in [9.17, 15) is 4.79 Å². The van der Waals surface area contributed by atoms with Crippen LogP contribution in [0.15, 0.2) is 36.4 Å². The first-order valence-electron chi connectivity index (χ1n) is 7.67. The Morgan fingerprint density at radius 3 is 2.87 bits per heavy atom. The molecule has 1 heterocycles. The van der Waals surface area contributed by atoms with E-state index in [2.05, 4.69) is 11.4 Å². The number of anilines is 3. The molecule has 23 heavy (non-hydrogen) atoms. The maximum atomic E-state index is 12.4. The van der Waals surface area contributed by atoms with Crippen LogP contribution in [0.4, 0.5) is 17.1 Å². The second kappa shape index (κ2) is 6.20. The van der Waals surface area contributed by atoms with Crippen LogP contribution in [0.1, 0.15) is 11.1 Å². The fourth-order valence-corrected chi connectivity index (χ4v) is 2.77. The van der Waals surface area contributed by atoms with Gasteiger partial charge >= 0.3 is 0 Å². The van der Waals surface area contributed by atoms with Gasteiger partial charge in [-0.1, -0.05) is 17.7 Å². The molecule has 1 amide bonds. The maximum Gasteiger partial charge on any atom is 0.243 e. The summed E-state index contributed by atoms with van der Waals surface area (Å²) in [5, 5.41) is 2.98. The van der Waals surface area contributed by atoms with Gasteiger partial charge < -0.3 is 20.7 Å². The van der Waals surface area contributed by atoms with Gasteiger partial charge in [0.05, 0.1) is 18.8 Å². The monoisotopic (exact) mass is 311 g/mol. The van der Waals surface area contributed by atoms with E-state index in [1.54, 1.807) is 6.07 Å². The van der Waals surface area contributed by atoms with Crippen molar-refractivity contribution in [2.24, 2.45) is 0 Å². The Bertz CT molecular complexity index is 743. The van der Waals surface area contributed by atoms with Gasteiger partial charge in [-0.2, -0.15) is 0 Å². The molecule has 3 rings (SSSR count). The van der Waals surface area contributed by atoms with Crippen molar-refractivity contribution in [3.05, 3.63) is 47.5 Å². The second-order valence-electron chi connectivity index (χ2n) is 5.86. The number of nitrogen functional groups attached to an aromatic ring is 1. The summed E-state index contributed by atoms with van der Waals surface area (Å²) in [6.07, 6.45) is 0. The lowest BCUT2D eigenvalue weighted by atomic mass is 10.1. The number of benzene rings is 2. The van der Waals surface area contributed by atoms with Crippen LogP contribution in [0.2, 0.25) is 0 Å². The van der Waals surface area contributed by atoms with Crippen LogP contribution in [-0.4, -0.2) is 25.6 Å². The highest BCUT2D eigenvalue weighted by molar-refractivity contribution is 5.95. The number of carbonyl (C=O) groups is 1. The Morgan fingerprint density at radius 1 is 1.26 bits per heavy atom. The van der Waals surface area contributed by atoms with Crippen molar-refractivity contribution in [2.75, 3.05) is 35.6 Å². The lowest BCUT2D eigenvalue weighted by Gasteiger charge is -2.30. The number of hydrogen-bond acceptors (Lipinski definition) is 4. The van der Waals surface area contributed by atoms with Gasteiger partial charge in [-0.05, 0) is 37.6 Å². The Kier molecular flexibility index (Phi) is 4.10. The van der Waals surface area contributed by atoms with Gasteiger partial charge in [0.25, 0.3) is 0 Å². The van der Waals surface area contributed by atoms with Gasteiger partial charge in [-0.3, -0.25) is 4.79 Å². The largest absolute Gasteiger partial charge is 0.489 e. The van der Waals surface area contributed by atoms with Crippen molar-refractivity contribution in [2.45, 2.75) is 13.8 Å². The Labute approximate surface area is 136 Å². The number of amides is 1. The van der Waals surface area contributed by atoms with Crippen molar-refractivity contribution < 1.29 is 9.53 Å². The van der Waals surface area contributed by atoms with Crippen molar-refractivity contribution in [3.63, 3.8) is 0 Å². The molecule has 3 N–H and O–H groups in total. The van der Waals surface area contributed by atoms with Crippen LogP contribution in [0.5, 0.6) is 5.75 Å². The fraction of sp³-hybridized carbons (Fsp3) is 0.278. The zero-order chi connectivity index (χ0) is 16.4. The van der Waals surface area contributed by atoms with E-state index in [1.165, 1.54) is 5.56 Å². The molecule has 120 valence electrons. The van der Waals surface area contributed by atoms with E-state index >= 15 is 0 Å². The van der Waals surface area contributed by atoms with E-state index in [0.717, 1.165) is 22.7 Å². The SMILES string of the molecule is Cc1ccc(NC(=O)CN2CCOc3cc(N)ccc32)c(C)c1. The first-order valence-corrected chi connectivity index (χ1v) is 7.67. The van der Waals surface area contributed by atoms with E-state index in [0.29, 0.717) is 18.8 Å². The van der Waals surface area contributed by atoms with Crippen LogP contribution in [0, 0.1) is 13.8 Å². The van der Waals surface area contributed by atoms with Crippen molar-refractivity contribution in [3.8, 4) is 5.75 Å². The molecule has 5 heteroatoms. The Morgan fingerprint density at radius 2 is 2.09 bits per heavy atom. The molecule has 0 aromatic heterocycles. The third kappa shape index (κ3) is 3.39. The molecule has 0 saturated heterocycles. The molecule has 2 aromatic carbocycles. The molecule has 0 radical (unpaired) electrons. The zero-order valence-corrected chi connectivity index (χ0v) is 13.4. The molecule has 2 aromatic rings. The molecule has 0 bridgehead atoms. The first kappa shape index (κ1) is 15.2. The zero-order valence-electron chi connectivity index (χ0n) is 13.4. The molecule has 0 unspecified atom stereocenters. The molecule has 0 atom stereocenters. The van der Waals surface area contributed by atoms with E-state index in [4.69, 9.17) is 10.5 Å². The van der Waals surface area contributed by atoms with Crippen LogP contribution < -0.4 is 20.7 Å². The van der Waals surface area contributed by atoms with E-state index < -0.39 is 0 Å². The number of nitrogens with two attached hydrogens (primary N) is 1. The van der Waals surface area contributed by atoms with Crippen molar-refractivity contribution in [1.82, 2.24) is 0 Å². The summed E-state index contributed by atoms with van der Waals surface area (Å²) in [5.41, 5.74) is 10.4. The lowest BCUT2D eigenvalue weighted by molar-refractivity contribution is -0.115. The summed E-state index contributed by atoms with van der Waals surface area (Å²) in [6, 6.07) is 11.5. The molecule has 1 aliphatic rings. The van der Waals surface area contributed by atoms with Crippen LogP contribution in [-0.2, 0) is 4.79 Å². The molecule has 0 saturated carbocycles. The molecule has 0 aliphatic carbocycles. The van der Waals surface area contributed by atoms with Crippen LogP contribution in [0.25, 0.3) is 0 Å². The average molecular weight is 311 g/mol. The number of ether oxygens (including phenoxy) is 1. The molecule has 0 spiro atoms. The summed E-state index contributed by atoms with van der Waals surface area (Å²) in [4.78, 5) is 14.4. The number of nitrogens with zero attached hydrogens (tertiary/aromatic N) is 1. The topological polar surface area (TPSA) is 67.6 Å². The van der Waals surface area contributed by atoms with E-state index in [1.807, 2.05) is 43.0 Å². The minimum absolute atomic E-state index is 0.0402. The predicted octanol–water partition coefficient (Wildman–Crippen LogP) is 2.72. The molecular formula is C18H21N3O2. The quantitative estimate of drug-likeness (QED) is 0.855. The lowest BCUT2D eigenvalue weighted by Crippen LogP contribution is -2.38. The van der Waals surface area contributed by atoms with Gasteiger partial charge in [0.2, 0.25) is 5.91 Å². The number of nitrogens with one attached hydrogen (secondary N) is 1. The summed E-state index contributed by atoms with van der Waals surface area (Å²) < 4.78 is 5.61. The van der Waals surface area contributed by atoms with Crippen LogP contribution >= 0.6 is 0 Å². The van der Waals surface area contributed by atoms with Crippen molar-refractivity contribution >= 4 is 23.0 Å².